The summed E-state index contributed by atoms with van der Waals surface area (Å²) in [5, 5.41) is 3.28. The Labute approximate surface area is 128 Å². The number of nitrogens with zero attached hydrogens (tertiary/aromatic N) is 1. The molecule has 3 nitrogen and oxygen atoms in total. The molecule has 1 amide bonds. The van der Waals surface area contributed by atoms with Crippen LogP contribution in [0.4, 0.5) is 0 Å². The molecule has 1 aromatic carbocycles. The fraction of sp³-hybridized carbons (Fsp3) is 0.611. The van der Waals surface area contributed by atoms with Gasteiger partial charge in [0.1, 0.15) is 0 Å². The molecule has 0 aromatic heterocycles. The van der Waals surface area contributed by atoms with E-state index in [1.54, 1.807) is 0 Å². The lowest BCUT2D eigenvalue weighted by atomic mass is 9.96. The Hall–Kier alpha value is -1.35. The molecule has 1 saturated heterocycles. The second kappa shape index (κ2) is 8.18. The van der Waals surface area contributed by atoms with E-state index in [2.05, 4.69) is 43.4 Å². The predicted molar refractivity (Wildman–Crippen MR) is 87.4 cm³/mol. The van der Waals surface area contributed by atoms with Gasteiger partial charge < -0.3 is 10.2 Å². The van der Waals surface area contributed by atoms with E-state index in [1.807, 2.05) is 4.90 Å². The molecular weight excluding hydrogens is 260 g/mol. The van der Waals surface area contributed by atoms with E-state index in [1.165, 1.54) is 17.5 Å². The van der Waals surface area contributed by atoms with Crippen LogP contribution in [0, 0.1) is 5.92 Å². The molecule has 116 valence electrons. The van der Waals surface area contributed by atoms with Crippen LogP contribution in [0.25, 0.3) is 0 Å². The molecule has 3 heteroatoms. The van der Waals surface area contributed by atoms with Crippen molar-refractivity contribution in [2.24, 2.45) is 5.92 Å². The number of hydrogen-bond acceptors (Lipinski definition) is 2. The summed E-state index contributed by atoms with van der Waals surface area (Å²) in [6.45, 7) is 7.96. The van der Waals surface area contributed by atoms with Crippen LogP contribution in [0.1, 0.15) is 37.8 Å². The van der Waals surface area contributed by atoms with Gasteiger partial charge in [-0.25, -0.2) is 0 Å². The zero-order valence-corrected chi connectivity index (χ0v) is 13.4. The average Bonchev–Trinajstić information content (AvgIpc) is 2.50. The molecule has 1 aromatic rings. The van der Waals surface area contributed by atoms with Crippen LogP contribution in [-0.2, 0) is 17.6 Å². The van der Waals surface area contributed by atoms with E-state index in [-0.39, 0.29) is 0 Å². The predicted octanol–water partition coefficient (Wildman–Crippen LogP) is 2.64. The van der Waals surface area contributed by atoms with Crippen molar-refractivity contribution < 1.29 is 4.79 Å². The van der Waals surface area contributed by atoms with Crippen molar-refractivity contribution in [1.29, 1.82) is 0 Å². The lowest BCUT2D eigenvalue weighted by molar-refractivity contribution is -0.132. The highest BCUT2D eigenvalue weighted by Crippen LogP contribution is 2.15. The summed E-state index contributed by atoms with van der Waals surface area (Å²) in [7, 11) is 0. The molecule has 21 heavy (non-hydrogen) atoms. The van der Waals surface area contributed by atoms with Crippen molar-refractivity contribution in [3.63, 3.8) is 0 Å². The largest absolute Gasteiger partial charge is 0.340 e. The van der Waals surface area contributed by atoms with Gasteiger partial charge in [0.2, 0.25) is 5.91 Å². The van der Waals surface area contributed by atoms with E-state index < -0.39 is 0 Å². The molecule has 1 atom stereocenters. The summed E-state index contributed by atoms with van der Waals surface area (Å²) < 4.78 is 0. The molecule has 0 aliphatic carbocycles. The summed E-state index contributed by atoms with van der Waals surface area (Å²) in [5.74, 6) is 0.719. The standard InChI is InChI=1S/C18H28N2O/c1-3-4-16-5-7-17(8-6-16)13-15(2)14-18(21)20-11-9-19-10-12-20/h5-8,15,19H,3-4,9-14H2,1-2H3. The Morgan fingerprint density at radius 2 is 1.81 bits per heavy atom. The van der Waals surface area contributed by atoms with E-state index in [9.17, 15) is 4.79 Å². The van der Waals surface area contributed by atoms with Crippen molar-refractivity contribution in [2.45, 2.75) is 39.5 Å². The smallest absolute Gasteiger partial charge is 0.222 e. The van der Waals surface area contributed by atoms with E-state index in [4.69, 9.17) is 0 Å². The van der Waals surface area contributed by atoms with Crippen LogP contribution in [-0.4, -0.2) is 37.0 Å². The van der Waals surface area contributed by atoms with Crippen molar-refractivity contribution in [1.82, 2.24) is 10.2 Å². The monoisotopic (exact) mass is 288 g/mol. The van der Waals surface area contributed by atoms with Crippen molar-refractivity contribution >= 4 is 5.91 Å². The molecule has 0 saturated carbocycles. The van der Waals surface area contributed by atoms with Gasteiger partial charge in [-0.15, -0.1) is 0 Å². The maximum absolute atomic E-state index is 12.2. The van der Waals surface area contributed by atoms with E-state index >= 15 is 0 Å². The number of piperazine rings is 1. The van der Waals surface area contributed by atoms with Crippen LogP contribution in [0.3, 0.4) is 0 Å². The SMILES string of the molecule is CCCc1ccc(CC(C)CC(=O)N2CCNCC2)cc1. The van der Waals surface area contributed by atoms with Gasteiger partial charge in [-0.1, -0.05) is 44.5 Å². The van der Waals surface area contributed by atoms with Gasteiger partial charge in [0.25, 0.3) is 0 Å². The highest BCUT2D eigenvalue weighted by molar-refractivity contribution is 5.76. The van der Waals surface area contributed by atoms with Gasteiger partial charge >= 0.3 is 0 Å². The normalized spacial score (nSPS) is 16.8. The number of hydrogen-bond donors (Lipinski definition) is 1. The quantitative estimate of drug-likeness (QED) is 0.873. The Morgan fingerprint density at radius 1 is 1.19 bits per heavy atom. The summed E-state index contributed by atoms with van der Waals surface area (Å²) in [4.78, 5) is 14.2. The minimum Gasteiger partial charge on any atom is -0.340 e. The topological polar surface area (TPSA) is 32.3 Å². The molecule has 0 radical (unpaired) electrons. The number of amides is 1. The molecule has 2 rings (SSSR count). The summed E-state index contributed by atoms with van der Waals surface area (Å²) in [5.41, 5.74) is 2.75. The fourth-order valence-electron chi connectivity index (χ4n) is 2.95. The van der Waals surface area contributed by atoms with Gasteiger partial charge in [-0.05, 0) is 29.9 Å². The number of benzene rings is 1. The summed E-state index contributed by atoms with van der Waals surface area (Å²) >= 11 is 0. The molecule has 1 N–H and O–H groups in total. The van der Waals surface area contributed by atoms with Gasteiger partial charge in [0.15, 0.2) is 0 Å². The summed E-state index contributed by atoms with van der Waals surface area (Å²) in [6, 6.07) is 8.89. The highest BCUT2D eigenvalue weighted by Gasteiger charge is 2.18. The Morgan fingerprint density at radius 3 is 2.43 bits per heavy atom. The van der Waals surface area contributed by atoms with Gasteiger partial charge in [0, 0.05) is 32.6 Å². The first-order valence-electron chi connectivity index (χ1n) is 8.25. The first-order chi connectivity index (χ1) is 10.2. The lowest BCUT2D eigenvalue weighted by Crippen LogP contribution is -2.46. The first-order valence-corrected chi connectivity index (χ1v) is 8.25. The number of carbonyl (C=O) groups excluding carboxylic acids is 1. The first kappa shape index (κ1) is 16.0. The Balaban J connectivity index is 1.80. The molecule has 1 aliphatic rings. The second-order valence-electron chi connectivity index (χ2n) is 6.21. The van der Waals surface area contributed by atoms with Crippen LogP contribution in [0.15, 0.2) is 24.3 Å². The Kier molecular flexibility index (Phi) is 6.24. The number of carbonyl (C=O) groups is 1. The lowest BCUT2D eigenvalue weighted by Gasteiger charge is -2.28. The molecule has 0 spiro atoms. The van der Waals surface area contributed by atoms with Crippen molar-refractivity contribution in [2.75, 3.05) is 26.2 Å². The fourth-order valence-corrected chi connectivity index (χ4v) is 2.95. The zero-order valence-electron chi connectivity index (χ0n) is 13.4. The third kappa shape index (κ3) is 5.16. The van der Waals surface area contributed by atoms with Crippen molar-refractivity contribution in [3.05, 3.63) is 35.4 Å². The second-order valence-corrected chi connectivity index (χ2v) is 6.21. The van der Waals surface area contributed by atoms with Crippen LogP contribution in [0.2, 0.25) is 0 Å². The zero-order chi connectivity index (χ0) is 15.1. The van der Waals surface area contributed by atoms with Crippen LogP contribution in [0.5, 0.6) is 0 Å². The highest BCUT2D eigenvalue weighted by atomic mass is 16.2. The molecule has 1 aliphatic heterocycles. The minimum absolute atomic E-state index is 0.312. The van der Waals surface area contributed by atoms with E-state index in [0.717, 1.165) is 39.0 Å². The number of nitrogens with one attached hydrogen (secondary N) is 1. The van der Waals surface area contributed by atoms with Gasteiger partial charge in [-0.2, -0.15) is 0 Å². The van der Waals surface area contributed by atoms with Gasteiger partial charge in [0.05, 0.1) is 0 Å². The maximum Gasteiger partial charge on any atom is 0.222 e. The van der Waals surface area contributed by atoms with E-state index in [0.29, 0.717) is 18.2 Å². The third-order valence-corrected chi connectivity index (χ3v) is 4.14. The number of aryl methyl sites for hydroxylation is 1. The summed E-state index contributed by atoms with van der Waals surface area (Å²) in [6.07, 6.45) is 3.99. The molecule has 0 bridgehead atoms. The molecular formula is C18H28N2O. The Bertz CT molecular complexity index is 435. The average molecular weight is 288 g/mol. The third-order valence-electron chi connectivity index (χ3n) is 4.14. The molecule has 1 heterocycles. The van der Waals surface area contributed by atoms with Crippen LogP contribution < -0.4 is 5.32 Å². The van der Waals surface area contributed by atoms with Crippen LogP contribution >= 0.6 is 0 Å². The van der Waals surface area contributed by atoms with Gasteiger partial charge in [-0.3, -0.25) is 4.79 Å². The minimum atomic E-state index is 0.312. The molecule has 1 fully saturated rings. The van der Waals surface area contributed by atoms with Crippen molar-refractivity contribution in [3.8, 4) is 0 Å². The molecule has 1 unspecified atom stereocenters. The maximum atomic E-state index is 12.2. The number of rotatable bonds is 6.